The highest BCUT2D eigenvalue weighted by Gasteiger charge is 2.50. The molecule has 0 radical (unpaired) electrons. The topological polar surface area (TPSA) is 76.7 Å². The van der Waals surface area contributed by atoms with Gasteiger partial charge in [0.15, 0.2) is 5.43 Å². The van der Waals surface area contributed by atoms with E-state index in [0.29, 0.717) is 34.5 Å². The molecule has 3 rings (SSSR count). The fourth-order valence-corrected chi connectivity index (χ4v) is 3.51. The Kier molecular flexibility index (Phi) is 4.45. The van der Waals surface area contributed by atoms with Crippen LogP contribution in [0.4, 0.5) is 0 Å². The van der Waals surface area contributed by atoms with Crippen molar-refractivity contribution in [2.75, 3.05) is 6.61 Å². The number of aliphatic hydroxyl groups excluding tert-OH is 1. The van der Waals surface area contributed by atoms with Gasteiger partial charge < -0.3 is 14.3 Å². The smallest absolute Gasteiger partial charge is 0.306 e. The molecule has 1 aromatic carbocycles. The quantitative estimate of drug-likeness (QED) is 0.841. The van der Waals surface area contributed by atoms with Gasteiger partial charge in [-0.2, -0.15) is 0 Å². The molecule has 0 bridgehead atoms. The fraction of sp³-hybridized carbons (Fsp3) is 0.500. The number of carbonyl (C=O) groups is 1. The van der Waals surface area contributed by atoms with E-state index >= 15 is 0 Å². The summed E-state index contributed by atoms with van der Waals surface area (Å²) in [6.07, 6.45) is 1.04. The number of benzene rings is 1. The van der Waals surface area contributed by atoms with E-state index in [4.69, 9.17) is 9.15 Å². The summed E-state index contributed by atoms with van der Waals surface area (Å²) in [6, 6.07) is 3.62. The second kappa shape index (κ2) is 6.30. The molecule has 0 unspecified atom stereocenters. The number of hydrogen-bond donors (Lipinski definition) is 1. The van der Waals surface area contributed by atoms with Gasteiger partial charge in [-0.25, -0.2) is 0 Å². The van der Waals surface area contributed by atoms with Crippen LogP contribution in [0.5, 0.6) is 0 Å². The van der Waals surface area contributed by atoms with Crippen molar-refractivity contribution in [3.8, 4) is 0 Å². The Morgan fingerprint density at radius 1 is 1.36 bits per heavy atom. The molecule has 134 valence electrons. The van der Waals surface area contributed by atoms with Crippen molar-refractivity contribution in [1.29, 1.82) is 0 Å². The zero-order chi connectivity index (χ0) is 18.4. The van der Waals surface area contributed by atoms with Gasteiger partial charge in [0.05, 0.1) is 24.5 Å². The van der Waals surface area contributed by atoms with Crippen LogP contribution in [0.2, 0.25) is 0 Å². The summed E-state index contributed by atoms with van der Waals surface area (Å²) in [5.74, 6) is 0.283. The van der Waals surface area contributed by atoms with Crippen LogP contribution in [0.1, 0.15) is 61.7 Å². The molecule has 0 spiro atoms. The number of fused-ring (bicyclic) bond motifs is 1. The fourth-order valence-electron chi connectivity index (χ4n) is 3.51. The van der Waals surface area contributed by atoms with Gasteiger partial charge in [-0.3, -0.25) is 9.59 Å². The first-order valence-corrected chi connectivity index (χ1v) is 8.71. The lowest BCUT2D eigenvalue weighted by Crippen LogP contribution is -2.21. The molecule has 1 heterocycles. The number of carbonyl (C=O) groups excluding carboxylic acids is 1. The maximum absolute atomic E-state index is 12.9. The Hall–Kier alpha value is -2.14. The van der Waals surface area contributed by atoms with E-state index in [1.807, 2.05) is 13.0 Å². The first-order valence-electron chi connectivity index (χ1n) is 8.71. The third kappa shape index (κ3) is 3.09. The van der Waals surface area contributed by atoms with Gasteiger partial charge in [-0.1, -0.05) is 0 Å². The summed E-state index contributed by atoms with van der Waals surface area (Å²) in [7, 11) is 0. The Balaban J connectivity index is 2.19. The molecular formula is C20H24O5. The van der Waals surface area contributed by atoms with Crippen LogP contribution in [0.15, 0.2) is 21.3 Å². The molecule has 1 atom stereocenters. The summed E-state index contributed by atoms with van der Waals surface area (Å²) in [6.45, 7) is 7.39. The highest BCUT2D eigenvalue weighted by atomic mass is 16.5. The van der Waals surface area contributed by atoms with E-state index in [9.17, 15) is 14.7 Å². The van der Waals surface area contributed by atoms with E-state index in [1.54, 1.807) is 26.8 Å². The van der Waals surface area contributed by atoms with Crippen LogP contribution >= 0.6 is 0 Å². The van der Waals surface area contributed by atoms with Crippen LogP contribution in [0.3, 0.4) is 0 Å². The Morgan fingerprint density at radius 3 is 2.60 bits per heavy atom. The molecule has 1 aliphatic rings. The van der Waals surface area contributed by atoms with Gasteiger partial charge in [0, 0.05) is 16.5 Å². The molecule has 1 fully saturated rings. The normalized spacial score (nSPS) is 16.7. The summed E-state index contributed by atoms with van der Waals surface area (Å²) >= 11 is 0. The van der Waals surface area contributed by atoms with E-state index in [-0.39, 0.29) is 17.8 Å². The second-order valence-corrected chi connectivity index (χ2v) is 7.05. The summed E-state index contributed by atoms with van der Waals surface area (Å²) in [4.78, 5) is 24.9. The molecule has 0 amide bonds. The van der Waals surface area contributed by atoms with Crippen molar-refractivity contribution in [1.82, 2.24) is 0 Å². The number of esters is 1. The molecule has 0 aliphatic heterocycles. The van der Waals surface area contributed by atoms with Gasteiger partial charge in [0.2, 0.25) is 0 Å². The van der Waals surface area contributed by atoms with E-state index in [0.717, 1.165) is 18.4 Å². The second-order valence-electron chi connectivity index (χ2n) is 7.05. The van der Waals surface area contributed by atoms with E-state index < -0.39 is 11.5 Å². The number of aryl methyl sites for hydroxylation is 1. The maximum Gasteiger partial charge on any atom is 0.306 e. The largest absolute Gasteiger partial charge is 0.466 e. The average molecular weight is 344 g/mol. The summed E-state index contributed by atoms with van der Waals surface area (Å²) < 4.78 is 11.2. The number of ether oxygens (including phenoxy) is 1. The van der Waals surface area contributed by atoms with Gasteiger partial charge in [0.25, 0.3) is 0 Å². The maximum atomic E-state index is 12.9. The number of aliphatic hydroxyl groups is 1. The third-order valence-electron chi connectivity index (χ3n) is 4.97. The third-order valence-corrected chi connectivity index (χ3v) is 4.97. The molecule has 5 nitrogen and oxygen atoms in total. The van der Waals surface area contributed by atoms with Gasteiger partial charge in [0.1, 0.15) is 11.3 Å². The van der Waals surface area contributed by atoms with Gasteiger partial charge in [-0.05, 0) is 58.2 Å². The van der Waals surface area contributed by atoms with Crippen molar-refractivity contribution in [3.05, 3.63) is 44.8 Å². The Morgan fingerprint density at radius 2 is 2.04 bits per heavy atom. The highest BCUT2D eigenvalue weighted by molar-refractivity contribution is 5.82. The first kappa shape index (κ1) is 17.7. The summed E-state index contributed by atoms with van der Waals surface area (Å²) in [5.41, 5.74) is 1.90. The van der Waals surface area contributed by atoms with Gasteiger partial charge in [-0.15, -0.1) is 0 Å². The van der Waals surface area contributed by atoms with Crippen LogP contribution in [-0.2, 0) is 14.9 Å². The first-order chi connectivity index (χ1) is 11.8. The van der Waals surface area contributed by atoms with Crippen molar-refractivity contribution >= 4 is 16.9 Å². The molecule has 1 N–H and O–H groups in total. The van der Waals surface area contributed by atoms with Crippen molar-refractivity contribution in [3.63, 3.8) is 0 Å². The van der Waals surface area contributed by atoms with Crippen molar-refractivity contribution in [2.24, 2.45) is 0 Å². The molecule has 1 aliphatic carbocycles. The standard InChI is InChI=1S/C20H24O5/c1-5-24-16(22)10-20(6-7-20)19-12(3)17(23)15-9-11(2)8-14(13(4)21)18(15)25-19/h8-9,13,21H,5-7,10H2,1-4H3/t13-/m0/s1. The lowest BCUT2D eigenvalue weighted by molar-refractivity contribution is -0.143. The minimum Gasteiger partial charge on any atom is -0.466 e. The predicted octanol–water partition coefficient (Wildman–Crippen LogP) is 3.45. The molecule has 2 aromatic rings. The minimum absolute atomic E-state index is 0.100. The van der Waals surface area contributed by atoms with Crippen molar-refractivity contribution < 1.29 is 19.1 Å². The van der Waals surface area contributed by atoms with Crippen LogP contribution in [0.25, 0.3) is 11.0 Å². The highest BCUT2D eigenvalue weighted by Crippen LogP contribution is 2.52. The SMILES string of the molecule is CCOC(=O)CC1(c2oc3c([C@H](C)O)cc(C)cc3c(=O)c2C)CC1. The zero-order valence-electron chi connectivity index (χ0n) is 15.1. The van der Waals surface area contributed by atoms with Crippen molar-refractivity contribution in [2.45, 2.75) is 58.5 Å². The van der Waals surface area contributed by atoms with Gasteiger partial charge >= 0.3 is 5.97 Å². The zero-order valence-corrected chi connectivity index (χ0v) is 15.1. The monoisotopic (exact) mass is 344 g/mol. The lowest BCUT2D eigenvalue weighted by atomic mass is 9.93. The van der Waals surface area contributed by atoms with Crippen LogP contribution < -0.4 is 5.43 Å². The number of hydrogen-bond acceptors (Lipinski definition) is 5. The Labute approximate surface area is 146 Å². The minimum atomic E-state index is -0.749. The Bertz CT molecular complexity index is 887. The molecular weight excluding hydrogens is 320 g/mol. The average Bonchev–Trinajstić information content (AvgIpc) is 3.31. The summed E-state index contributed by atoms with van der Waals surface area (Å²) in [5, 5.41) is 10.6. The lowest BCUT2D eigenvalue weighted by Gasteiger charge is -2.18. The molecule has 5 heteroatoms. The predicted molar refractivity (Wildman–Crippen MR) is 94.8 cm³/mol. The molecule has 0 saturated heterocycles. The van der Waals surface area contributed by atoms with Crippen LogP contribution in [-0.4, -0.2) is 17.7 Å². The van der Waals surface area contributed by atoms with E-state index in [2.05, 4.69) is 0 Å². The molecule has 1 saturated carbocycles. The number of rotatable bonds is 5. The molecule has 25 heavy (non-hydrogen) atoms. The van der Waals surface area contributed by atoms with Crippen LogP contribution in [0, 0.1) is 13.8 Å². The molecule has 1 aromatic heterocycles. The van der Waals surface area contributed by atoms with E-state index in [1.165, 1.54) is 0 Å².